The summed E-state index contributed by atoms with van der Waals surface area (Å²) in [5.74, 6) is -1.79. The second kappa shape index (κ2) is 3.38. The first-order valence-corrected chi connectivity index (χ1v) is 3.70. The molecule has 0 radical (unpaired) electrons. The Morgan fingerprint density at radius 2 is 2.08 bits per heavy atom. The van der Waals surface area contributed by atoms with Gasteiger partial charge in [-0.1, -0.05) is 5.16 Å². The molecule has 0 spiro atoms. The fourth-order valence-corrected chi connectivity index (χ4v) is 0.990. The van der Waals surface area contributed by atoms with E-state index in [1.54, 1.807) is 13.8 Å². The van der Waals surface area contributed by atoms with Crippen LogP contribution in [-0.2, 0) is 16.0 Å². The van der Waals surface area contributed by atoms with Gasteiger partial charge in [-0.3, -0.25) is 4.79 Å². The number of aliphatic carboxylic acids is 1. The third-order valence-electron chi connectivity index (χ3n) is 1.76. The highest BCUT2D eigenvalue weighted by atomic mass is 16.5. The third kappa shape index (κ3) is 1.93. The molecule has 0 aromatic carbocycles. The zero-order valence-corrected chi connectivity index (χ0v) is 7.33. The van der Waals surface area contributed by atoms with Crippen LogP contribution in [-0.4, -0.2) is 22.0 Å². The smallest absolute Gasteiger partial charge is 0.372 e. The van der Waals surface area contributed by atoms with E-state index in [2.05, 4.69) is 5.16 Å². The Balaban J connectivity index is 2.85. The normalized spacial score (nSPS) is 10.0. The Bertz CT molecular complexity index is 334. The van der Waals surface area contributed by atoms with Crippen molar-refractivity contribution in [1.29, 1.82) is 0 Å². The number of carboxylic acids is 1. The van der Waals surface area contributed by atoms with Crippen molar-refractivity contribution in [1.82, 2.24) is 5.16 Å². The first-order chi connectivity index (χ1) is 6.02. The number of Topliss-reactive ketones (excluding diaryl/α,β-unsaturated/α-hetero) is 1. The van der Waals surface area contributed by atoms with E-state index in [1.165, 1.54) is 0 Å². The Labute approximate surface area is 74.3 Å². The number of ketones is 1. The maximum atomic E-state index is 10.8. The average molecular weight is 183 g/mol. The summed E-state index contributed by atoms with van der Waals surface area (Å²) in [5.41, 5.74) is 1.12. The van der Waals surface area contributed by atoms with Crippen LogP contribution >= 0.6 is 0 Å². The van der Waals surface area contributed by atoms with Gasteiger partial charge in [-0.2, -0.15) is 0 Å². The van der Waals surface area contributed by atoms with Crippen molar-refractivity contribution in [3.8, 4) is 0 Å². The number of aryl methyl sites for hydroxylation is 2. The van der Waals surface area contributed by atoms with E-state index in [0.717, 1.165) is 0 Å². The molecule has 1 N–H and O–H groups in total. The first kappa shape index (κ1) is 9.44. The summed E-state index contributed by atoms with van der Waals surface area (Å²) in [4.78, 5) is 21.1. The van der Waals surface area contributed by atoms with Gasteiger partial charge in [-0.05, 0) is 13.8 Å². The molecule has 0 atom stereocenters. The van der Waals surface area contributed by atoms with Crippen LogP contribution in [0.2, 0.25) is 0 Å². The fraction of sp³-hybridized carbons (Fsp3) is 0.375. The minimum atomic E-state index is -1.43. The maximum absolute atomic E-state index is 10.8. The Morgan fingerprint density at radius 3 is 2.46 bits per heavy atom. The number of rotatable bonds is 3. The molecule has 0 bridgehead atoms. The number of hydrogen-bond donors (Lipinski definition) is 1. The van der Waals surface area contributed by atoms with Crippen LogP contribution < -0.4 is 0 Å². The monoisotopic (exact) mass is 183 g/mol. The zero-order valence-electron chi connectivity index (χ0n) is 7.33. The van der Waals surface area contributed by atoms with Gasteiger partial charge in [0, 0.05) is 12.0 Å². The van der Waals surface area contributed by atoms with Gasteiger partial charge in [0.25, 0.3) is 0 Å². The summed E-state index contributed by atoms with van der Waals surface area (Å²) in [7, 11) is 0. The second-order valence-corrected chi connectivity index (χ2v) is 2.71. The van der Waals surface area contributed by atoms with Crippen molar-refractivity contribution < 1.29 is 19.2 Å². The van der Waals surface area contributed by atoms with Gasteiger partial charge in [0.2, 0.25) is 5.78 Å². The summed E-state index contributed by atoms with van der Waals surface area (Å²) in [5, 5.41) is 12.0. The highest BCUT2D eigenvalue weighted by Crippen LogP contribution is 2.12. The molecule has 70 valence electrons. The van der Waals surface area contributed by atoms with Crippen LogP contribution in [0.1, 0.15) is 17.0 Å². The quantitative estimate of drug-likeness (QED) is 0.689. The number of aromatic nitrogens is 1. The van der Waals surface area contributed by atoms with Crippen molar-refractivity contribution in [2.24, 2.45) is 0 Å². The standard InChI is InChI=1S/C8H9NO4/c1-4-6(5(2)13-9-4)3-7(10)8(11)12/h3H2,1-2H3,(H,11,12). The molecule has 0 saturated carbocycles. The summed E-state index contributed by atoms with van der Waals surface area (Å²) < 4.78 is 4.78. The van der Waals surface area contributed by atoms with Crippen molar-refractivity contribution >= 4 is 11.8 Å². The molecule has 1 heterocycles. The van der Waals surface area contributed by atoms with Gasteiger partial charge in [0.15, 0.2) is 0 Å². The molecule has 0 unspecified atom stereocenters. The molecule has 1 rings (SSSR count). The SMILES string of the molecule is Cc1noc(C)c1CC(=O)C(=O)O. The molecule has 0 aliphatic carbocycles. The molecule has 1 aromatic rings. The maximum Gasteiger partial charge on any atom is 0.372 e. The van der Waals surface area contributed by atoms with E-state index in [4.69, 9.17) is 9.63 Å². The van der Waals surface area contributed by atoms with E-state index in [9.17, 15) is 9.59 Å². The number of nitrogens with zero attached hydrogens (tertiary/aromatic N) is 1. The first-order valence-electron chi connectivity index (χ1n) is 3.70. The van der Waals surface area contributed by atoms with Crippen LogP contribution in [0.25, 0.3) is 0 Å². The van der Waals surface area contributed by atoms with Crippen LogP contribution in [0.4, 0.5) is 0 Å². The van der Waals surface area contributed by atoms with E-state index in [-0.39, 0.29) is 6.42 Å². The van der Waals surface area contributed by atoms with Crippen LogP contribution in [0.5, 0.6) is 0 Å². The minimum absolute atomic E-state index is 0.156. The molecule has 0 amide bonds. The molecular formula is C8H9NO4. The number of carbonyl (C=O) groups is 2. The highest BCUT2D eigenvalue weighted by Gasteiger charge is 2.17. The highest BCUT2D eigenvalue weighted by molar-refractivity contribution is 6.33. The van der Waals surface area contributed by atoms with Gasteiger partial charge in [0.1, 0.15) is 5.76 Å². The molecule has 5 heteroatoms. The van der Waals surface area contributed by atoms with Gasteiger partial charge in [-0.15, -0.1) is 0 Å². The minimum Gasteiger partial charge on any atom is -0.475 e. The molecule has 1 aromatic heterocycles. The molecule has 0 aliphatic heterocycles. The van der Waals surface area contributed by atoms with E-state index < -0.39 is 11.8 Å². The predicted molar refractivity (Wildman–Crippen MR) is 42.3 cm³/mol. The molecule has 0 saturated heterocycles. The summed E-state index contributed by atoms with van der Waals surface area (Å²) >= 11 is 0. The van der Waals surface area contributed by atoms with Crippen molar-refractivity contribution in [2.45, 2.75) is 20.3 Å². The lowest BCUT2D eigenvalue weighted by atomic mass is 10.1. The van der Waals surface area contributed by atoms with Crippen LogP contribution in [0.3, 0.4) is 0 Å². The van der Waals surface area contributed by atoms with Crippen molar-refractivity contribution in [2.75, 3.05) is 0 Å². The third-order valence-corrected chi connectivity index (χ3v) is 1.76. The molecular weight excluding hydrogens is 174 g/mol. The van der Waals surface area contributed by atoms with Crippen molar-refractivity contribution in [3.05, 3.63) is 17.0 Å². The topological polar surface area (TPSA) is 80.4 Å². The average Bonchev–Trinajstić information content (AvgIpc) is 2.35. The largest absolute Gasteiger partial charge is 0.475 e. The predicted octanol–water partition coefficient (Wildman–Crippen LogP) is 0.488. The number of carboxylic acid groups (broad SMARTS) is 1. The molecule has 5 nitrogen and oxygen atoms in total. The Kier molecular flexibility index (Phi) is 2.46. The fourth-order valence-electron chi connectivity index (χ4n) is 0.990. The van der Waals surface area contributed by atoms with Gasteiger partial charge in [-0.25, -0.2) is 4.79 Å². The van der Waals surface area contributed by atoms with Gasteiger partial charge >= 0.3 is 5.97 Å². The Morgan fingerprint density at radius 1 is 1.46 bits per heavy atom. The lowest BCUT2D eigenvalue weighted by Crippen LogP contribution is -2.15. The summed E-state index contributed by atoms with van der Waals surface area (Å²) in [6.45, 7) is 3.31. The van der Waals surface area contributed by atoms with Gasteiger partial charge < -0.3 is 9.63 Å². The summed E-state index contributed by atoms with van der Waals surface area (Å²) in [6, 6.07) is 0. The zero-order chi connectivity index (χ0) is 10.0. The molecule has 0 aliphatic rings. The van der Waals surface area contributed by atoms with Crippen LogP contribution in [0.15, 0.2) is 4.52 Å². The number of carbonyl (C=O) groups excluding carboxylic acids is 1. The van der Waals surface area contributed by atoms with Crippen LogP contribution in [0, 0.1) is 13.8 Å². The lowest BCUT2D eigenvalue weighted by molar-refractivity contribution is -0.148. The summed E-state index contributed by atoms with van der Waals surface area (Å²) in [6.07, 6.45) is -0.156. The van der Waals surface area contributed by atoms with E-state index in [0.29, 0.717) is 17.0 Å². The van der Waals surface area contributed by atoms with Crippen molar-refractivity contribution in [3.63, 3.8) is 0 Å². The Hall–Kier alpha value is -1.65. The van der Waals surface area contributed by atoms with Gasteiger partial charge in [0.05, 0.1) is 5.69 Å². The van der Waals surface area contributed by atoms with E-state index >= 15 is 0 Å². The molecule has 0 fully saturated rings. The van der Waals surface area contributed by atoms with E-state index in [1.807, 2.05) is 0 Å². The number of hydrogen-bond acceptors (Lipinski definition) is 4. The molecule has 13 heavy (non-hydrogen) atoms. The second-order valence-electron chi connectivity index (χ2n) is 2.71. The lowest BCUT2D eigenvalue weighted by Gasteiger charge is -1.94.